The van der Waals surface area contributed by atoms with E-state index in [9.17, 15) is 14.4 Å². The molecule has 1 atom stereocenters. The summed E-state index contributed by atoms with van der Waals surface area (Å²) in [5, 5.41) is 2.14. The molecule has 6 nitrogen and oxygen atoms in total. The van der Waals surface area contributed by atoms with Crippen LogP contribution >= 0.6 is 0 Å². The maximum Gasteiger partial charge on any atom is 0.328 e. The molecule has 0 aromatic heterocycles. The Labute approximate surface area is 75.2 Å². The van der Waals surface area contributed by atoms with E-state index in [4.69, 9.17) is 0 Å². The Kier molecular flexibility index (Phi) is 5.25. The van der Waals surface area contributed by atoms with Crippen LogP contribution in [-0.4, -0.2) is 38.6 Å². The molecule has 1 N–H and O–H groups in total. The fourth-order valence-corrected chi connectivity index (χ4v) is 0.685. The number of carbonyl (C=O) groups is 3. The summed E-state index contributed by atoms with van der Waals surface area (Å²) in [7, 11) is 2.36. The van der Waals surface area contributed by atoms with Crippen LogP contribution in [0, 0.1) is 0 Å². The van der Waals surface area contributed by atoms with Crippen LogP contribution in [0.3, 0.4) is 0 Å². The minimum atomic E-state index is -0.977. The zero-order valence-electron chi connectivity index (χ0n) is 7.40. The summed E-state index contributed by atoms with van der Waals surface area (Å²) in [6.45, 7) is 0. The first-order valence-electron chi connectivity index (χ1n) is 3.50. The van der Waals surface area contributed by atoms with Gasteiger partial charge >= 0.3 is 11.9 Å². The quantitative estimate of drug-likeness (QED) is 0.435. The van der Waals surface area contributed by atoms with Gasteiger partial charge < -0.3 is 14.8 Å². The van der Waals surface area contributed by atoms with Gasteiger partial charge in [-0.15, -0.1) is 0 Å². The molecule has 0 aromatic rings. The van der Waals surface area contributed by atoms with Crippen LogP contribution in [0.25, 0.3) is 0 Å². The summed E-state index contributed by atoms with van der Waals surface area (Å²) >= 11 is 0. The minimum Gasteiger partial charge on any atom is -0.469 e. The number of esters is 2. The first-order valence-corrected chi connectivity index (χ1v) is 3.50. The molecule has 0 aliphatic heterocycles. The molecule has 0 fully saturated rings. The Morgan fingerprint density at radius 3 is 2.38 bits per heavy atom. The summed E-state index contributed by atoms with van der Waals surface area (Å²) in [5.74, 6) is -1.28. The van der Waals surface area contributed by atoms with Gasteiger partial charge in [-0.3, -0.25) is 9.59 Å². The summed E-state index contributed by atoms with van der Waals surface area (Å²) in [5.41, 5.74) is 0. The molecule has 0 saturated heterocycles. The van der Waals surface area contributed by atoms with Gasteiger partial charge in [-0.2, -0.15) is 0 Å². The molecule has 74 valence electrons. The fourth-order valence-electron chi connectivity index (χ4n) is 0.685. The highest BCUT2D eigenvalue weighted by atomic mass is 16.5. The molecule has 0 aliphatic rings. The van der Waals surface area contributed by atoms with E-state index in [0.717, 1.165) is 0 Å². The molecule has 1 amide bonds. The largest absolute Gasteiger partial charge is 0.469 e. The second kappa shape index (κ2) is 5.99. The molecule has 0 radical (unpaired) electrons. The number of nitrogens with one attached hydrogen (secondary N) is 1. The average Bonchev–Trinajstić information content (AvgIpc) is 2.15. The third kappa shape index (κ3) is 4.09. The second-order valence-electron chi connectivity index (χ2n) is 2.14. The van der Waals surface area contributed by atoms with Crippen LogP contribution in [-0.2, 0) is 23.9 Å². The topological polar surface area (TPSA) is 81.7 Å². The predicted molar refractivity (Wildman–Crippen MR) is 41.6 cm³/mol. The van der Waals surface area contributed by atoms with Gasteiger partial charge in [-0.1, -0.05) is 0 Å². The van der Waals surface area contributed by atoms with E-state index in [1.165, 1.54) is 14.2 Å². The number of hydrogen-bond donors (Lipinski definition) is 1. The fraction of sp³-hybridized carbons (Fsp3) is 0.571. The molecular weight excluding hydrogens is 178 g/mol. The van der Waals surface area contributed by atoms with Gasteiger partial charge in [0, 0.05) is 0 Å². The van der Waals surface area contributed by atoms with Gasteiger partial charge in [0.2, 0.25) is 6.41 Å². The number of amides is 1. The lowest BCUT2D eigenvalue weighted by Gasteiger charge is -2.11. The van der Waals surface area contributed by atoms with Crippen molar-refractivity contribution in [3.63, 3.8) is 0 Å². The van der Waals surface area contributed by atoms with Crippen LogP contribution in [0.4, 0.5) is 0 Å². The highest BCUT2D eigenvalue weighted by molar-refractivity contribution is 5.84. The first kappa shape index (κ1) is 11.4. The van der Waals surface area contributed by atoms with Crippen molar-refractivity contribution in [1.82, 2.24) is 5.32 Å². The van der Waals surface area contributed by atoms with Crippen LogP contribution in [0.1, 0.15) is 6.42 Å². The molecular formula is C7H11NO5. The molecule has 0 rings (SSSR count). The normalized spacial score (nSPS) is 11.2. The molecule has 0 aliphatic carbocycles. The smallest absolute Gasteiger partial charge is 0.328 e. The average molecular weight is 189 g/mol. The van der Waals surface area contributed by atoms with Crippen molar-refractivity contribution < 1.29 is 23.9 Å². The maximum absolute atomic E-state index is 10.9. The second-order valence-corrected chi connectivity index (χ2v) is 2.14. The lowest BCUT2D eigenvalue weighted by molar-refractivity contribution is -0.150. The minimum absolute atomic E-state index is 0.234. The monoisotopic (exact) mass is 189 g/mol. The van der Waals surface area contributed by atoms with Crippen LogP contribution in [0.15, 0.2) is 0 Å². The van der Waals surface area contributed by atoms with Gasteiger partial charge in [0.1, 0.15) is 6.04 Å². The third-order valence-electron chi connectivity index (χ3n) is 1.35. The van der Waals surface area contributed by atoms with Crippen molar-refractivity contribution in [2.45, 2.75) is 12.5 Å². The molecule has 0 aromatic carbocycles. The van der Waals surface area contributed by atoms with E-state index in [1.54, 1.807) is 0 Å². The van der Waals surface area contributed by atoms with E-state index < -0.39 is 18.0 Å². The number of hydrogen-bond acceptors (Lipinski definition) is 5. The van der Waals surface area contributed by atoms with Gasteiger partial charge in [0.25, 0.3) is 0 Å². The first-order chi connectivity index (χ1) is 6.15. The van der Waals surface area contributed by atoms with E-state index in [0.29, 0.717) is 6.41 Å². The molecule has 0 saturated carbocycles. The van der Waals surface area contributed by atoms with Crippen molar-refractivity contribution in [2.24, 2.45) is 0 Å². The SMILES string of the molecule is COC(=O)CC(NC=O)C(=O)OC. The van der Waals surface area contributed by atoms with Crippen molar-refractivity contribution in [2.75, 3.05) is 14.2 Å². The van der Waals surface area contributed by atoms with Gasteiger partial charge in [-0.05, 0) is 0 Å². The Hall–Kier alpha value is -1.59. The summed E-state index contributed by atoms with van der Waals surface area (Å²) in [4.78, 5) is 31.7. The molecule has 6 heteroatoms. The Balaban J connectivity index is 4.16. The number of carbonyl (C=O) groups excluding carboxylic acids is 3. The van der Waals surface area contributed by atoms with Crippen LogP contribution < -0.4 is 5.32 Å². The van der Waals surface area contributed by atoms with Crippen molar-refractivity contribution in [1.29, 1.82) is 0 Å². The van der Waals surface area contributed by atoms with Crippen LogP contribution in [0.5, 0.6) is 0 Å². The highest BCUT2D eigenvalue weighted by Gasteiger charge is 2.21. The van der Waals surface area contributed by atoms with E-state index in [2.05, 4.69) is 14.8 Å². The van der Waals surface area contributed by atoms with Gasteiger partial charge in [-0.25, -0.2) is 4.79 Å². The van der Waals surface area contributed by atoms with E-state index in [-0.39, 0.29) is 6.42 Å². The third-order valence-corrected chi connectivity index (χ3v) is 1.35. The molecule has 0 bridgehead atoms. The van der Waals surface area contributed by atoms with Gasteiger partial charge in [0.05, 0.1) is 20.6 Å². The number of methoxy groups -OCH3 is 2. The molecule has 13 heavy (non-hydrogen) atoms. The maximum atomic E-state index is 10.9. The summed E-state index contributed by atoms with van der Waals surface area (Å²) < 4.78 is 8.66. The zero-order chi connectivity index (χ0) is 10.3. The summed E-state index contributed by atoms with van der Waals surface area (Å²) in [6, 6.07) is -0.977. The number of ether oxygens (including phenoxy) is 2. The van der Waals surface area contributed by atoms with Gasteiger partial charge in [0.15, 0.2) is 0 Å². The van der Waals surface area contributed by atoms with Crippen LogP contribution in [0.2, 0.25) is 0 Å². The Morgan fingerprint density at radius 2 is 2.00 bits per heavy atom. The molecule has 1 unspecified atom stereocenters. The van der Waals surface area contributed by atoms with Crippen molar-refractivity contribution >= 4 is 18.3 Å². The lowest BCUT2D eigenvalue weighted by atomic mass is 10.2. The van der Waals surface area contributed by atoms with Crippen molar-refractivity contribution in [3.8, 4) is 0 Å². The lowest BCUT2D eigenvalue weighted by Crippen LogP contribution is -2.38. The highest BCUT2D eigenvalue weighted by Crippen LogP contribution is 1.95. The van der Waals surface area contributed by atoms with Crippen molar-refractivity contribution in [3.05, 3.63) is 0 Å². The molecule has 0 heterocycles. The Morgan fingerprint density at radius 1 is 1.38 bits per heavy atom. The van der Waals surface area contributed by atoms with E-state index >= 15 is 0 Å². The number of rotatable bonds is 5. The predicted octanol–water partition coefficient (Wildman–Crippen LogP) is -1.16. The zero-order valence-corrected chi connectivity index (χ0v) is 7.40. The standard InChI is InChI=1S/C7H11NO5/c1-12-6(10)3-5(8-4-9)7(11)13-2/h4-5H,3H2,1-2H3,(H,8,9). The Bertz CT molecular complexity index is 203. The summed E-state index contributed by atoms with van der Waals surface area (Å²) in [6.07, 6.45) is 0.0897. The van der Waals surface area contributed by atoms with E-state index in [1.807, 2.05) is 0 Å². The molecule has 0 spiro atoms.